The van der Waals surface area contributed by atoms with Gasteiger partial charge in [0.15, 0.2) is 0 Å². The number of carbonyl (C=O) groups is 1. The van der Waals surface area contributed by atoms with Crippen LogP contribution in [0.4, 0.5) is 5.69 Å². The van der Waals surface area contributed by atoms with Crippen LogP contribution in [-0.4, -0.2) is 56.2 Å². The van der Waals surface area contributed by atoms with Gasteiger partial charge in [-0.3, -0.25) is 4.79 Å². The van der Waals surface area contributed by atoms with Crippen LogP contribution in [0.5, 0.6) is 0 Å². The first-order valence-electron chi connectivity index (χ1n) is 5.80. The van der Waals surface area contributed by atoms with E-state index >= 15 is 0 Å². The van der Waals surface area contributed by atoms with Gasteiger partial charge in [-0.25, -0.2) is 0 Å². The minimum atomic E-state index is 0.00413. The Bertz CT molecular complexity index is 419. The second-order valence-electron chi connectivity index (χ2n) is 4.60. The fourth-order valence-electron chi connectivity index (χ4n) is 1.39. The summed E-state index contributed by atoms with van der Waals surface area (Å²) in [5.74, 6) is 0.959. The Kier molecular flexibility index (Phi) is 5.50. The average molecular weight is 267 g/mol. The van der Waals surface area contributed by atoms with Gasteiger partial charge in [0.2, 0.25) is 0 Å². The minimum absolute atomic E-state index is 0.00413. The number of nitrogens with zero attached hydrogens (tertiary/aromatic N) is 2. The van der Waals surface area contributed by atoms with E-state index in [1.54, 1.807) is 42.9 Å². The maximum Gasteiger partial charge on any atom is 0.253 e. The Labute approximate surface area is 113 Å². The summed E-state index contributed by atoms with van der Waals surface area (Å²) >= 11 is 1.68. The molecule has 0 atom stereocenters. The molecule has 0 saturated carbocycles. The maximum atomic E-state index is 11.9. The molecule has 100 valence electrons. The fourth-order valence-corrected chi connectivity index (χ4v) is 2.51. The van der Waals surface area contributed by atoms with Crippen LogP contribution in [0.1, 0.15) is 10.4 Å². The third-order valence-corrected chi connectivity index (χ3v) is 3.51. The topological polar surface area (TPSA) is 49.6 Å². The van der Waals surface area contributed by atoms with Gasteiger partial charge in [0.25, 0.3) is 5.91 Å². The van der Waals surface area contributed by atoms with Crippen LogP contribution >= 0.6 is 11.8 Å². The highest BCUT2D eigenvalue weighted by Crippen LogP contribution is 2.26. The highest BCUT2D eigenvalue weighted by molar-refractivity contribution is 7.99. The van der Waals surface area contributed by atoms with Crippen LogP contribution in [0.15, 0.2) is 23.1 Å². The predicted molar refractivity (Wildman–Crippen MR) is 78.1 cm³/mol. The van der Waals surface area contributed by atoms with Gasteiger partial charge < -0.3 is 15.5 Å². The van der Waals surface area contributed by atoms with Crippen molar-refractivity contribution in [2.75, 3.05) is 46.2 Å². The van der Waals surface area contributed by atoms with Gasteiger partial charge >= 0.3 is 0 Å². The summed E-state index contributed by atoms with van der Waals surface area (Å²) in [4.78, 5) is 16.5. The lowest BCUT2D eigenvalue weighted by atomic mass is 10.2. The van der Waals surface area contributed by atoms with E-state index in [1.807, 2.05) is 20.2 Å². The standard InChI is InChI=1S/C13H21N3OS/c1-15(2)7-8-18-12-9-10(5-6-11(12)14)13(17)16(3)4/h5-6,9H,7-8,14H2,1-4H3. The molecule has 0 radical (unpaired) electrons. The van der Waals surface area contributed by atoms with Gasteiger partial charge in [0, 0.05) is 42.5 Å². The molecule has 1 rings (SSSR count). The first-order chi connectivity index (χ1) is 8.41. The number of hydrogen-bond donors (Lipinski definition) is 1. The zero-order valence-corrected chi connectivity index (χ0v) is 12.3. The number of rotatable bonds is 5. The number of nitrogens with two attached hydrogens (primary N) is 1. The van der Waals surface area contributed by atoms with E-state index in [2.05, 4.69) is 4.90 Å². The molecular formula is C13H21N3OS. The largest absolute Gasteiger partial charge is 0.398 e. The van der Waals surface area contributed by atoms with Crippen LogP contribution in [0.25, 0.3) is 0 Å². The lowest BCUT2D eigenvalue weighted by Crippen LogP contribution is -2.21. The van der Waals surface area contributed by atoms with Gasteiger partial charge in [0.1, 0.15) is 0 Å². The zero-order chi connectivity index (χ0) is 13.7. The molecule has 1 amide bonds. The molecule has 0 heterocycles. The first-order valence-corrected chi connectivity index (χ1v) is 6.79. The van der Waals surface area contributed by atoms with Crippen molar-refractivity contribution in [2.24, 2.45) is 0 Å². The molecular weight excluding hydrogens is 246 g/mol. The SMILES string of the molecule is CN(C)CCSc1cc(C(=O)N(C)C)ccc1N. The normalized spacial score (nSPS) is 10.7. The third-order valence-electron chi connectivity index (χ3n) is 2.46. The number of amides is 1. The summed E-state index contributed by atoms with van der Waals surface area (Å²) in [6.45, 7) is 0.982. The number of hydrogen-bond acceptors (Lipinski definition) is 4. The number of benzene rings is 1. The number of nitrogen functional groups attached to an aromatic ring is 1. The summed E-state index contributed by atoms with van der Waals surface area (Å²) in [6.07, 6.45) is 0. The monoisotopic (exact) mass is 267 g/mol. The van der Waals surface area contributed by atoms with Crippen molar-refractivity contribution >= 4 is 23.4 Å². The molecule has 0 spiro atoms. The van der Waals surface area contributed by atoms with Crippen molar-refractivity contribution < 1.29 is 4.79 Å². The highest BCUT2D eigenvalue weighted by Gasteiger charge is 2.10. The summed E-state index contributed by atoms with van der Waals surface area (Å²) in [6, 6.07) is 5.44. The summed E-state index contributed by atoms with van der Waals surface area (Å²) in [5, 5.41) is 0. The van der Waals surface area contributed by atoms with Crippen LogP contribution in [-0.2, 0) is 0 Å². The Balaban J connectivity index is 2.78. The van der Waals surface area contributed by atoms with Crippen molar-refractivity contribution in [3.05, 3.63) is 23.8 Å². The molecule has 0 aliphatic rings. The molecule has 4 nitrogen and oxygen atoms in total. The molecule has 0 aliphatic heterocycles. The van der Waals surface area contributed by atoms with Crippen molar-refractivity contribution in [3.63, 3.8) is 0 Å². The Hall–Kier alpha value is -1.20. The van der Waals surface area contributed by atoms with E-state index in [1.165, 1.54) is 0 Å². The van der Waals surface area contributed by atoms with Crippen LogP contribution < -0.4 is 5.73 Å². The molecule has 5 heteroatoms. The van der Waals surface area contributed by atoms with Crippen molar-refractivity contribution in [2.45, 2.75) is 4.90 Å². The maximum absolute atomic E-state index is 11.9. The Morgan fingerprint density at radius 2 is 1.94 bits per heavy atom. The van der Waals surface area contributed by atoms with Gasteiger partial charge in [-0.05, 0) is 32.3 Å². The highest BCUT2D eigenvalue weighted by atomic mass is 32.2. The van der Waals surface area contributed by atoms with Gasteiger partial charge in [-0.15, -0.1) is 11.8 Å². The van der Waals surface area contributed by atoms with E-state index in [0.717, 1.165) is 22.9 Å². The lowest BCUT2D eigenvalue weighted by Gasteiger charge is -2.13. The van der Waals surface area contributed by atoms with Crippen LogP contribution in [0.2, 0.25) is 0 Å². The summed E-state index contributed by atoms with van der Waals surface area (Å²) < 4.78 is 0. The Morgan fingerprint density at radius 3 is 2.50 bits per heavy atom. The third kappa shape index (κ3) is 4.23. The molecule has 2 N–H and O–H groups in total. The van der Waals surface area contributed by atoms with E-state index in [0.29, 0.717) is 5.56 Å². The molecule has 0 aromatic heterocycles. The Morgan fingerprint density at radius 1 is 1.28 bits per heavy atom. The molecule has 0 saturated heterocycles. The molecule has 0 bridgehead atoms. The van der Waals surface area contributed by atoms with E-state index in [4.69, 9.17) is 5.73 Å². The van der Waals surface area contributed by atoms with Gasteiger partial charge in [0.05, 0.1) is 0 Å². The smallest absolute Gasteiger partial charge is 0.253 e. The molecule has 0 aliphatic carbocycles. The average Bonchev–Trinajstić information content (AvgIpc) is 2.30. The quantitative estimate of drug-likeness (QED) is 0.650. The fraction of sp³-hybridized carbons (Fsp3) is 0.462. The number of thioether (sulfide) groups is 1. The zero-order valence-electron chi connectivity index (χ0n) is 11.4. The molecule has 1 aromatic rings. The van der Waals surface area contributed by atoms with Gasteiger partial charge in [-0.1, -0.05) is 0 Å². The van der Waals surface area contributed by atoms with E-state index < -0.39 is 0 Å². The molecule has 0 unspecified atom stereocenters. The van der Waals surface area contributed by atoms with E-state index in [-0.39, 0.29) is 5.91 Å². The minimum Gasteiger partial charge on any atom is -0.398 e. The van der Waals surface area contributed by atoms with Crippen molar-refractivity contribution in [1.82, 2.24) is 9.80 Å². The molecule has 1 aromatic carbocycles. The first kappa shape index (κ1) is 14.9. The summed E-state index contributed by atoms with van der Waals surface area (Å²) in [5.41, 5.74) is 7.34. The van der Waals surface area contributed by atoms with Crippen molar-refractivity contribution in [3.8, 4) is 0 Å². The number of anilines is 1. The lowest BCUT2D eigenvalue weighted by molar-refractivity contribution is 0.0827. The number of carbonyl (C=O) groups excluding carboxylic acids is 1. The van der Waals surface area contributed by atoms with Crippen molar-refractivity contribution in [1.29, 1.82) is 0 Å². The van der Waals surface area contributed by atoms with E-state index in [9.17, 15) is 4.79 Å². The second-order valence-corrected chi connectivity index (χ2v) is 5.74. The predicted octanol–water partition coefficient (Wildman–Crippen LogP) is 1.62. The van der Waals surface area contributed by atoms with Crippen LogP contribution in [0.3, 0.4) is 0 Å². The second kappa shape index (κ2) is 6.66. The summed E-state index contributed by atoms with van der Waals surface area (Å²) in [7, 11) is 7.57. The molecule has 0 fully saturated rings. The van der Waals surface area contributed by atoms with Crippen LogP contribution in [0, 0.1) is 0 Å². The molecule has 18 heavy (non-hydrogen) atoms. The van der Waals surface area contributed by atoms with Gasteiger partial charge in [-0.2, -0.15) is 0 Å².